The fraction of sp³-hybridized carbons (Fsp3) is 0.364. The number of amides is 2. The summed E-state index contributed by atoms with van der Waals surface area (Å²) in [7, 11) is 0. The zero-order valence-corrected chi connectivity index (χ0v) is 17.7. The van der Waals surface area contributed by atoms with E-state index < -0.39 is 0 Å². The van der Waals surface area contributed by atoms with Crippen LogP contribution in [0.25, 0.3) is 0 Å². The van der Waals surface area contributed by atoms with Crippen molar-refractivity contribution < 1.29 is 14.3 Å². The molecule has 0 bridgehead atoms. The molecule has 1 heterocycles. The van der Waals surface area contributed by atoms with E-state index >= 15 is 0 Å². The normalized spacial score (nSPS) is 14.1. The van der Waals surface area contributed by atoms with Crippen LogP contribution in [0.2, 0.25) is 0 Å². The zero-order chi connectivity index (χ0) is 19.9. The maximum absolute atomic E-state index is 12.6. The van der Waals surface area contributed by atoms with Gasteiger partial charge >= 0.3 is 0 Å². The van der Waals surface area contributed by atoms with E-state index in [1.54, 1.807) is 0 Å². The predicted molar refractivity (Wildman–Crippen MR) is 113 cm³/mol. The number of carbonyl (C=O) groups excluding carboxylic acids is 2. The third-order valence-electron chi connectivity index (χ3n) is 4.88. The first-order valence-corrected chi connectivity index (χ1v) is 10.3. The minimum absolute atomic E-state index is 0.0139. The van der Waals surface area contributed by atoms with Crippen molar-refractivity contribution in [2.75, 3.05) is 32.8 Å². The maximum atomic E-state index is 12.6. The fourth-order valence-electron chi connectivity index (χ4n) is 3.25. The second kappa shape index (κ2) is 9.73. The van der Waals surface area contributed by atoms with Crippen LogP contribution in [0.1, 0.15) is 28.8 Å². The Balaban J connectivity index is 1.40. The van der Waals surface area contributed by atoms with Gasteiger partial charge in [-0.05, 0) is 43.2 Å². The van der Waals surface area contributed by atoms with Crippen LogP contribution in [0.3, 0.4) is 0 Å². The third kappa shape index (κ3) is 5.35. The van der Waals surface area contributed by atoms with Crippen molar-refractivity contribution >= 4 is 27.7 Å². The molecule has 6 heteroatoms. The number of hydrogen-bond acceptors (Lipinski definition) is 3. The summed E-state index contributed by atoms with van der Waals surface area (Å²) in [6.07, 6.45) is 1.15. The molecular formula is C22H25BrN2O3. The highest BCUT2D eigenvalue weighted by atomic mass is 79.9. The minimum Gasteiger partial charge on any atom is -0.493 e. The Labute approximate surface area is 174 Å². The average molecular weight is 445 g/mol. The first kappa shape index (κ1) is 20.4. The molecule has 1 aliphatic heterocycles. The van der Waals surface area contributed by atoms with Crippen LogP contribution in [0.4, 0.5) is 0 Å². The van der Waals surface area contributed by atoms with Gasteiger partial charge in [0.2, 0.25) is 5.91 Å². The van der Waals surface area contributed by atoms with Gasteiger partial charge in [-0.1, -0.05) is 40.2 Å². The molecule has 0 atom stereocenters. The summed E-state index contributed by atoms with van der Waals surface area (Å²) in [6, 6.07) is 15.3. The number of nitrogens with zero attached hydrogens (tertiary/aromatic N) is 2. The molecule has 3 rings (SSSR count). The quantitative estimate of drug-likeness (QED) is 0.634. The first-order chi connectivity index (χ1) is 13.5. The van der Waals surface area contributed by atoms with Gasteiger partial charge in [-0.15, -0.1) is 0 Å². The van der Waals surface area contributed by atoms with Crippen molar-refractivity contribution in [1.29, 1.82) is 0 Å². The minimum atomic E-state index is 0.0139. The molecule has 0 N–H and O–H groups in total. The number of ether oxygens (including phenoxy) is 1. The van der Waals surface area contributed by atoms with Gasteiger partial charge in [0.15, 0.2) is 0 Å². The van der Waals surface area contributed by atoms with Gasteiger partial charge in [-0.2, -0.15) is 0 Å². The predicted octanol–water partition coefficient (Wildman–Crippen LogP) is 3.90. The lowest BCUT2D eigenvalue weighted by atomic mass is 10.1. The van der Waals surface area contributed by atoms with Crippen LogP contribution in [-0.2, 0) is 4.79 Å². The fourth-order valence-corrected chi connectivity index (χ4v) is 3.64. The molecule has 0 radical (unpaired) electrons. The topological polar surface area (TPSA) is 49.9 Å². The van der Waals surface area contributed by atoms with Crippen molar-refractivity contribution in [2.24, 2.45) is 0 Å². The van der Waals surface area contributed by atoms with Crippen LogP contribution in [0.15, 0.2) is 53.0 Å². The Hall–Kier alpha value is -2.34. The molecule has 0 aromatic heterocycles. The second-order valence-corrected chi connectivity index (χ2v) is 7.82. The van der Waals surface area contributed by atoms with Gasteiger partial charge in [-0.25, -0.2) is 0 Å². The molecule has 148 valence electrons. The van der Waals surface area contributed by atoms with Crippen LogP contribution in [0.5, 0.6) is 5.75 Å². The summed E-state index contributed by atoms with van der Waals surface area (Å²) < 4.78 is 6.64. The molecular weight excluding hydrogens is 420 g/mol. The van der Waals surface area contributed by atoms with Crippen molar-refractivity contribution in [1.82, 2.24) is 9.80 Å². The monoisotopic (exact) mass is 444 g/mol. The zero-order valence-electron chi connectivity index (χ0n) is 16.1. The lowest BCUT2D eigenvalue weighted by molar-refractivity contribution is -0.132. The SMILES string of the molecule is Cc1ccccc1OCCCC(=O)N1CCN(C(=O)c2cccc(Br)c2)CC1. The highest BCUT2D eigenvalue weighted by Gasteiger charge is 2.24. The number of halogens is 1. The number of aryl methyl sites for hydroxylation is 1. The molecule has 5 nitrogen and oxygen atoms in total. The largest absolute Gasteiger partial charge is 0.493 e. The lowest BCUT2D eigenvalue weighted by Crippen LogP contribution is -2.50. The van der Waals surface area contributed by atoms with Crippen LogP contribution in [0, 0.1) is 6.92 Å². The molecule has 0 saturated carbocycles. The summed E-state index contributed by atoms with van der Waals surface area (Å²) >= 11 is 3.40. The van der Waals surface area contributed by atoms with Crippen LogP contribution >= 0.6 is 15.9 Å². The van der Waals surface area contributed by atoms with E-state index in [0.29, 0.717) is 51.2 Å². The van der Waals surface area contributed by atoms with E-state index in [4.69, 9.17) is 4.74 Å². The summed E-state index contributed by atoms with van der Waals surface area (Å²) in [4.78, 5) is 28.7. The lowest BCUT2D eigenvalue weighted by Gasteiger charge is -2.35. The summed E-state index contributed by atoms with van der Waals surface area (Å²) in [5.41, 5.74) is 1.77. The van der Waals surface area contributed by atoms with Gasteiger partial charge < -0.3 is 14.5 Å². The van der Waals surface area contributed by atoms with Crippen molar-refractivity contribution in [3.63, 3.8) is 0 Å². The Bertz CT molecular complexity index is 832. The molecule has 2 aromatic carbocycles. The number of benzene rings is 2. The highest BCUT2D eigenvalue weighted by Crippen LogP contribution is 2.17. The standard InChI is InChI=1S/C22H25BrN2O3/c1-17-6-2-3-9-20(17)28-15-5-10-21(26)24-11-13-25(14-12-24)22(27)18-7-4-8-19(23)16-18/h2-4,6-9,16H,5,10-15H2,1H3. The molecule has 0 spiro atoms. The number of piperazine rings is 1. The van der Waals surface area contributed by atoms with Gasteiger partial charge in [0.05, 0.1) is 6.61 Å². The maximum Gasteiger partial charge on any atom is 0.254 e. The van der Waals surface area contributed by atoms with E-state index in [2.05, 4.69) is 15.9 Å². The Kier molecular flexibility index (Phi) is 7.09. The van der Waals surface area contributed by atoms with Crippen LogP contribution < -0.4 is 4.74 Å². The highest BCUT2D eigenvalue weighted by molar-refractivity contribution is 9.10. The molecule has 0 unspecified atom stereocenters. The Morgan fingerprint density at radius 3 is 2.43 bits per heavy atom. The van der Waals surface area contributed by atoms with Crippen LogP contribution in [-0.4, -0.2) is 54.4 Å². The summed E-state index contributed by atoms with van der Waals surface area (Å²) in [5.74, 6) is 1.01. The van der Waals surface area contributed by atoms with E-state index in [1.165, 1.54) is 0 Å². The second-order valence-electron chi connectivity index (χ2n) is 6.90. The molecule has 2 aromatic rings. The van der Waals surface area contributed by atoms with E-state index in [0.717, 1.165) is 15.8 Å². The smallest absolute Gasteiger partial charge is 0.254 e. The number of carbonyl (C=O) groups is 2. The third-order valence-corrected chi connectivity index (χ3v) is 5.37. The summed E-state index contributed by atoms with van der Waals surface area (Å²) in [5, 5.41) is 0. The molecule has 28 heavy (non-hydrogen) atoms. The van der Waals surface area contributed by atoms with Crippen molar-refractivity contribution in [2.45, 2.75) is 19.8 Å². The summed E-state index contributed by atoms with van der Waals surface area (Å²) in [6.45, 7) is 4.83. The van der Waals surface area contributed by atoms with E-state index in [-0.39, 0.29) is 11.8 Å². The van der Waals surface area contributed by atoms with E-state index in [9.17, 15) is 9.59 Å². The Morgan fingerprint density at radius 2 is 1.71 bits per heavy atom. The van der Waals surface area contributed by atoms with Gasteiger partial charge in [0, 0.05) is 42.6 Å². The van der Waals surface area contributed by atoms with Gasteiger partial charge in [0.1, 0.15) is 5.75 Å². The van der Waals surface area contributed by atoms with Crippen molar-refractivity contribution in [3.8, 4) is 5.75 Å². The molecule has 2 amide bonds. The average Bonchev–Trinajstić information content (AvgIpc) is 2.72. The first-order valence-electron chi connectivity index (χ1n) is 9.55. The number of hydrogen-bond donors (Lipinski definition) is 0. The van der Waals surface area contributed by atoms with Gasteiger partial charge in [0.25, 0.3) is 5.91 Å². The number of para-hydroxylation sites is 1. The molecule has 0 aliphatic carbocycles. The molecule has 1 fully saturated rings. The van der Waals surface area contributed by atoms with E-state index in [1.807, 2.05) is 65.3 Å². The van der Waals surface area contributed by atoms with Gasteiger partial charge in [-0.3, -0.25) is 9.59 Å². The number of rotatable bonds is 6. The molecule has 1 aliphatic rings. The molecule has 1 saturated heterocycles. The van der Waals surface area contributed by atoms with Crippen molar-refractivity contribution in [3.05, 3.63) is 64.1 Å². The Morgan fingerprint density at radius 1 is 1.00 bits per heavy atom.